The number of hydrogen-bond donors (Lipinski definition) is 0. The zero-order chi connectivity index (χ0) is 23.9. The number of para-hydroxylation sites is 1. The van der Waals surface area contributed by atoms with E-state index in [1.54, 1.807) is 36.4 Å². The van der Waals surface area contributed by atoms with Crippen LogP contribution in [0, 0.1) is 28.1 Å². The molecule has 0 aliphatic carbocycles. The topological polar surface area (TPSA) is 107 Å². The lowest BCUT2D eigenvalue weighted by Gasteiger charge is -2.35. The lowest BCUT2D eigenvalue weighted by atomic mass is 9.71. The minimum absolute atomic E-state index is 0.266. The van der Waals surface area contributed by atoms with Crippen molar-refractivity contribution in [2.45, 2.75) is 24.9 Å². The standard InChI is InChI=1S/C27H19N3O4/c1-17(31)34-20-11-8-19(9-12-20)26(32)25-24(22-7-4-14-33-22)27(15-28,16-29)23-13-10-18-5-2-3-6-21(18)30(23)25/h2-14,23-25H,1H3. The molecular formula is C27H19N3O4. The predicted molar refractivity (Wildman–Crippen MR) is 123 cm³/mol. The Balaban J connectivity index is 1.68. The zero-order valence-electron chi connectivity index (χ0n) is 18.2. The number of ether oxygens (including phenoxy) is 1. The van der Waals surface area contributed by atoms with Gasteiger partial charge in [-0.3, -0.25) is 9.59 Å². The molecule has 3 unspecified atom stereocenters. The van der Waals surface area contributed by atoms with Gasteiger partial charge in [0.25, 0.3) is 0 Å². The summed E-state index contributed by atoms with van der Waals surface area (Å²) >= 11 is 0. The second kappa shape index (κ2) is 8.06. The number of Topliss-reactive ketones (excluding diaryl/α,β-unsaturated/α-hetero) is 1. The van der Waals surface area contributed by atoms with Crippen LogP contribution in [0.2, 0.25) is 0 Å². The van der Waals surface area contributed by atoms with Gasteiger partial charge in [-0.2, -0.15) is 10.5 Å². The van der Waals surface area contributed by atoms with Crippen molar-refractivity contribution in [1.82, 2.24) is 0 Å². The quantitative estimate of drug-likeness (QED) is 0.328. The first-order valence-electron chi connectivity index (χ1n) is 10.7. The molecule has 0 radical (unpaired) electrons. The van der Waals surface area contributed by atoms with E-state index in [0.717, 1.165) is 11.3 Å². The van der Waals surface area contributed by atoms with E-state index in [9.17, 15) is 20.1 Å². The second-order valence-corrected chi connectivity index (χ2v) is 8.28. The summed E-state index contributed by atoms with van der Waals surface area (Å²) in [7, 11) is 0. The first kappa shape index (κ1) is 21.2. The smallest absolute Gasteiger partial charge is 0.308 e. The molecular weight excluding hydrogens is 430 g/mol. The second-order valence-electron chi connectivity index (χ2n) is 8.28. The SMILES string of the molecule is CC(=O)Oc1ccc(C(=O)C2C(c3ccco3)C(C#N)(C#N)C3C=Cc4ccccc4N23)cc1. The van der Waals surface area contributed by atoms with Gasteiger partial charge in [0.05, 0.1) is 30.4 Å². The fourth-order valence-corrected chi connectivity index (χ4v) is 5.03. The summed E-state index contributed by atoms with van der Waals surface area (Å²) in [6, 6.07) is 20.2. The lowest BCUT2D eigenvalue weighted by molar-refractivity contribution is -0.131. The Bertz CT molecular complexity index is 1360. The highest BCUT2D eigenvalue weighted by Gasteiger charge is 2.64. The zero-order valence-corrected chi connectivity index (χ0v) is 18.2. The fraction of sp³-hybridized carbons (Fsp3) is 0.185. The predicted octanol–water partition coefficient (Wildman–Crippen LogP) is 4.49. The molecule has 2 aliphatic heterocycles. The number of carbonyl (C=O) groups excluding carboxylic acids is 2. The van der Waals surface area contributed by atoms with Gasteiger partial charge in [-0.15, -0.1) is 0 Å². The summed E-state index contributed by atoms with van der Waals surface area (Å²) in [6.45, 7) is 1.30. The van der Waals surface area contributed by atoms with Crippen LogP contribution in [0.1, 0.15) is 34.5 Å². The Morgan fingerprint density at radius 1 is 1.03 bits per heavy atom. The average molecular weight is 449 g/mol. The van der Waals surface area contributed by atoms with Gasteiger partial charge < -0.3 is 14.1 Å². The summed E-state index contributed by atoms with van der Waals surface area (Å²) in [4.78, 5) is 27.2. The first-order valence-corrected chi connectivity index (χ1v) is 10.7. The Kier molecular flexibility index (Phi) is 5.03. The van der Waals surface area contributed by atoms with Crippen molar-refractivity contribution in [3.05, 3.63) is 89.9 Å². The molecule has 1 saturated heterocycles. The largest absolute Gasteiger partial charge is 0.469 e. The van der Waals surface area contributed by atoms with E-state index in [4.69, 9.17) is 9.15 Å². The van der Waals surface area contributed by atoms with Gasteiger partial charge in [0.1, 0.15) is 17.6 Å². The van der Waals surface area contributed by atoms with E-state index in [1.807, 2.05) is 41.3 Å². The molecule has 1 fully saturated rings. The molecule has 0 saturated carbocycles. The van der Waals surface area contributed by atoms with Crippen molar-refractivity contribution in [3.8, 4) is 17.9 Å². The van der Waals surface area contributed by atoms with Gasteiger partial charge in [0.15, 0.2) is 11.2 Å². The fourth-order valence-electron chi connectivity index (χ4n) is 5.03. The van der Waals surface area contributed by atoms with E-state index < -0.39 is 29.4 Å². The molecule has 0 N–H and O–H groups in total. The number of carbonyl (C=O) groups is 2. The highest BCUT2D eigenvalue weighted by atomic mass is 16.5. The molecule has 3 heterocycles. The van der Waals surface area contributed by atoms with Gasteiger partial charge in [-0.1, -0.05) is 30.4 Å². The third-order valence-corrected chi connectivity index (χ3v) is 6.43. The lowest BCUT2D eigenvalue weighted by Crippen LogP contribution is -2.44. The molecule has 7 heteroatoms. The summed E-state index contributed by atoms with van der Waals surface area (Å²) < 4.78 is 10.8. The number of ketones is 1. The summed E-state index contributed by atoms with van der Waals surface area (Å²) in [5.41, 5.74) is 0.482. The Morgan fingerprint density at radius 2 is 1.76 bits per heavy atom. The van der Waals surface area contributed by atoms with Gasteiger partial charge in [0, 0.05) is 18.2 Å². The number of esters is 1. The summed E-state index contributed by atoms with van der Waals surface area (Å²) in [6.07, 6.45) is 5.19. The van der Waals surface area contributed by atoms with Crippen molar-refractivity contribution in [1.29, 1.82) is 10.5 Å². The molecule has 0 spiro atoms. The van der Waals surface area contributed by atoms with Crippen molar-refractivity contribution in [2.24, 2.45) is 5.41 Å². The molecule has 0 bridgehead atoms. The van der Waals surface area contributed by atoms with Crippen LogP contribution in [-0.4, -0.2) is 23.8 Å². The van der Waals surface area contributed by atoms with Crippen molar-refractivity contribution < 1.29 is 18.7 Å². The van der Waals surface area contributed by atoms with Crippen LogP contribution >= 0.6 is 0 Å². The number of hydrogen-bond acceptors (Lipinski definition) is 7. The molecule has 1 aromatic heterocycles. The number of nitrogens with zero attached hydrogens (tertiary/aromatic N) is 3. The van der Waals surface area contributed by atoms with E-state index in [2.05, 4.69) is 12.1 Å². The molecule has 166 valence electrons. The van der Waals surface area contributed by atoms with Crippen LogP contribution in [0.4, 0.5) is 5.69 Å². The third kappa shape index (κ3) is 3.10. The number of anilines is 1. The van der Waals surface area contributed by atoms with Crippen LogP contribution in [0.5, 0.6) is 5.75 Å². The molecule has 7 nitrogen and oxygen atoms in total. The molecule has 5 rings (SSSR count). The summed E-state index contributed by atoms with van der Waals surface area (Å²) in [5, 5.41) is 20.7. The Labute approximate surface area is 196 Å². The van der Waals surface area contributed by atoms with Crippen LogP contribution in [0.15, 0.2) is 77.4 Å². The maximum Gasteiger partial charge on any atom is 0.308 e. The highest BCUT2D eigenvalue weighted by molar-refractivity contribution is 6.04. The Morgan fingerprint density at radius 3 is 2.41 bits per heavy atom. The van der Waals surface area contributed by atoms with Gasteiger partial charge >= 0.3 is 5.97 Å². The molecule has 2 aromatic carbocycles. The number of rotatable bonds is 4. The van der Waals surface area contributed by atoms with E-state index in [1.165, 1.54) is 13.2 Å². The Hall–Kier alpha value is -4.62. The number of nitriles is 2. The van der Waals surface area contributed by atoms with Crippen LogP contribution < -0.4 is 9.64 Å². The molecule has 3 atom stereocenters. The van der Waals surface area contributed by atoms with E-state index >= 15 is 0 Å². The van der Waals surface area contributed by atoms with E-state index in [0.29, 0.717) is 17.1 Å². The van der Waals surface area contributed by atoms with Crippen molar-refractivity contribution >= 4 is 23.5 Å². The first-order chi connectivity index (χ1) is 16.5. The van der Waals surface area contributed by atoms with E-state index in [-0.39, 0.29) is 5.78 Å². The van der Waals surface area contributed by atoms with Gasteiger partial charge in [0.2, 0.25) is 0 Å². The third-order valence-electron chi connectivity index (χ3n) is 6.43. The maximum absolute atomic E-state index is 14.0. The van der Waals surface area contributed by atoms with Gasteiger partial charge in [-0.05, 0) is 48.0 Å². The summed E-state index contributed by atoms with van der Waals surface area (Å²) in [5.74, 6) is -0.832. The van der Waals surface area contributed by atoms with Crippen molar-refractivity contribution in [2.75, 3.05) is 4.90 Å². The number of benzene rings is 2. The number of furan rings is 1. The monoisotopic (exact) mass is 449 g/mol. The molecule has 3 aromatic rings. The van der Waals surface area contributed by atoms with Crippen LogP contribution in [-0.2, 0) is 4.79 Å². The average Bonchev–Trinajstić information content (AvgIpc) is 3.48. The highest BCUT2D eigenvalue weighted by Crippen LogP contribution is 2.55. The van der Waals surface area contributed by atoms with Gasteiger partial charge in [-0.25, -0.2) is 0 Å². The minimum Gasteiger partial charge on any atom is -0.469 e. The maximum atomic E-state index is 14.0. The minimum atomic E-state index is -1.56. The molecule has 2 aliphatic rings. The molecule has 34 heavy (non-hydrogen) atoms. The normalized spacial score (nSPS) is 21.6. The van der Waals surface area contributed by atoms with Crippen LogP contribution in [0.3, 0.4) is 0 Å². The number of fused-ring (bicyclic) bond motifs is 3. The van der Waals surface area contributed by atoms with Crippen LogP contribution in [0.25, 0.3) is 6.08 Å². The van der Waals surface area contributed by atoms with Crippen molar-refractivity contribution in [3.63, 3.8) is 0 Å². The molecule has 0 amide bonds.